The van der Waals surface area contributed by atoms with Crippen molar-refractivity contribution in [1.29, 1.82) is 0 Å². The van der Waals surface area contributed by atoms with Crippen LogP contribution in [0.2, 0.25) is 0 Å². The van der Waals surface area contributed by atoms with E-state index in [9.17, 15) is 23.4 Å². The van der Waals surface area contributed by atoms with Crippen molar-refractivity contribution in [2.75, 3.05) is 0 Å². The van der Waals surface area contributed by atoms with Crippen molar-refractivity contribution in [1.82, 2.24) is 4.72 Å². The molecule has 0 aliphatic heterocycles. The van der Waals surface area contributed by atoms with Gasteiger partial charge in [-0.15, -0.1) is 11.3 Å². The first-order valence-electron chi connectivity index (χ1n) is 8.53. The lowest BCUT2D eigenvalue weighted by Crippen LogP contribution is -2.44. The molecule has 1 aliphatic carbocycles. The zero-order chi connectivity index (χ0) is 19.9. The summed E-state index contributed by atoms with van der Waals surface area (Å²) < 4.78 is 28.2. The fourth-order valence-corrected chi connectivity index (χ4v) is 6.00. The summed E-state index contributed by atoms with van der Waals surface area (Å²) in [6, 6.07) is 18.6. The predicted molar refractivity (Wildman–Crippen MR) is 106 cm³/mol. The van der Waals surface area contributed by atoms with Gasteiger partial charge in [-0.2, -0.15) is 4.72 Å². The molecule has 4 rings (SSSR count). The lowest BCUT2D eigenvalue weighted by molar-refractivity contribution is -0.140. The summed E-state index contributed by atoms with van der Waals surface area (Å²) >= 11 is 1.05. The number of phenols is 1. The van der Waals surface area contributed by atoms with Gasteiger partial charge in [-0.25, -0.2) is 8.42 Å². The summed E-state index contributed by atoms with van der Waals surface area (Å²) in [5.41, 5.74) is 0.0393. The smallest absolute Gasteiger partial charge is 0.325 e. The van der Waals surface area contributed by atoms with Crippen LogP contribution in [0.15, 0.2) is 70.9 Å². The number of carboxylic acid groups (broad SMARTS) is 1. The van der Waals surface area contributed by atoms with Gasteiger partial charge in [-0.3, -0.25) is 4.79 Å². The van der Waals surface area contributed by atoms with Crippen molar-refractivity contribution in [2.24, 2.45) is 0 Å². The van der Waals surface area contributed by atoms with Crippen molar-refractivity contribution in [3.63, 3.8) is 0 Å². The first-order valence-corrected chi connectivity index (χ1v) is 10.8. The first-order chi connectivity index (χ1) is 13.3. The highest BCUT2D eigenvalue weighted by Gasteiger charge is 2.63. The number of thiophene rings is 1. The normalized spacial score (nSPS) is 21.4. The van der Waals surface area contributed by atoms with E-state index in [0.717, 1.165) is 22.5 Å². The Morgan fingerprint density at radius 3 is 2.36 bits per heavy atom. The fraction of sp³-hybridized carbons (Fsp3) is 0.150. The van der Waals surface area contributed by atoms with Crippen LogP contribution in [-0.2, 0) is 14.8 Å². The van der Waals surface area contributed by atoms with E-state index in [-0.39, 0.29) is 16.4 Å². The van der Waals surface area contributed by atoms with Crippen LogP contribution < -0.4 is 4.72 Å². The average Bonchev–Trinajstić information content (AvgIpc) is 3.17. The number of aromatic hydroxyl groups is 1. The molecule has 3 aromatic rings. The summed E-state index contributed by atoms with van der Waals surface area (Å²) in [4.78, 5) is 12.6. The Morgan fingerprint density at radius 2 is 1.71 bits per heavy atom. The van der Waals surface area contributed by atoms with E-state index in [4.69, 9.17) is 0 Å². The molecule has 2 atom stereocenters. The van der Waals surface area contributed by atoms with E-state index >= 15 is 0 Å². The lowest BCUT2D eigenvalue weighted by Gasteiger charge is -2.14. The second kappa shape index (κ2) is 6.73. The van der Waals surface area contributed by atoms with Crippen LogP contribution in [0.1, 0.15) is 17.9 Å². The molecule has 1 saturated carbocycles. The predicted octanol–water partition coefficient (Wildman–Crippen LogP) is 3.41. The van der Waals surface area contributed by atoms with E-state index in [2.05, 4.69) is 4.72 Å². The third-order valence-electron chi connectivity index (χ3n) is 4.86. The summed E-state index contributed by atoms with van der Waals surface area (Å²) in [5, 5.41) is 19.1. The van der Waals surface area contributed by atoms with Crippen molar-refractivity contribution >= 4 is 27.3 Å². The standard InChI is InChI=1S/C20H17NO5S2/c22-15-8-6-14(7-9-15)17-10-11-18(27-17)28(25,26)21-20(19(23)24)12-16(20)13-4-2-1-3-5-13/h1-11,16,21-22H,12H2,(H,23,24). The van der Waals surface area contributed by atoms with Crippen LogP contribution in [-0.4, -0.2) is 30.1 Å². The number of aliphatic carboxylic acids is 1. The molecule has 0 amide bonds. The second-order valence-corrected chi connectivity index (χ2v) is 9.71. The molecule has 2 unspecified atom stereocenters. The SMILES string of the molecule is O=C(O)C1(NS(=O)(=O)c2ccc(-c3ccc(O)cc3)s2)CC1c1ccccc1. The Kier molecular flexibility index (Phi) is 4.49. The Labute approximate surface area is 166 Å². The molecule has 0 radical (unpaired) electrons. The molecule has 3 N–H and O–H groups in total. The molecule has 0 saturated heterocycles. The van der Waals surface area contributed by atoms with Crippen LogP contribution in [0.4, 0.5) is 0 Å². The molecule has 1 aliphatic rings. The van der Waals surface area contributed by atoms with Crippen molar-refractivity contribution < 1.29 is 23.4 Å². The third kappa shape index (κ3) is 3.30. The van der Waals surface area contributed by atoms with Gasteiger partial charge in [0.1, 0.15) is 15.5 Å². The highest BCUT2D eigenvalue weighted by Crippen LogP contribution is 2.52. The Bertz CT molecular complexity index is 1120. The molecule has 0 bridgehead atoms. The van der Waals surface area contributed by atoms with Crippen molar-refractivity contribution in [3.05, 3.63) is 72.3 Å². The topological polar surface area (TPSA) is 104 Å². The number of hydrogen-bond donors (Lipinski definition) is 3. The van der Waals surface area contributed by atoms with Gasteiger partial charge in [-0.05, 0) is 53.9 Å². The molecule has 144 valence electrons. The maximum absolute atomic E-state index is 12.9. The summed E-state index contributed by atoms with van der Waals surface area (Å²) in [7, 11) is -4.00. The van der Waals surface area contributed by atoms with Crippen LogP contribution in [0.3, 0.4) is 0 Å². The minimum absolute atomic E-state index is 0.0508. The van der Waals surface area contributed by atoms with E-state index in [1.165, 1.54) is 18.2 Å². The highest BCUT2D eigenvalue weighted by atomic mass is 32.2. The quantitative estimate of drug-likeness (QED) is 0.572. The number of carboxylic acids is 1. The summed E-state index contributed by atoms with van der Waals surface area (Å²) in [6.07, 6.45) is 0.210. The van der Waals surface area contributed by atoms with Gasteiger partial charge in [0.2, 0.25) is 0 Å². The van der Waals surface area contributed by atoms with Crippen LogP contribution >= 0.6 is 11.3 Å². The molecule has 0 spiro atoms. The largest absolute Gasteiger partial charge is 0.508 e. The number of benzene rings is 2. The monoisotopic (exact) mass is 415 g/mol. The van der Waals surface area contributed by atoms with E-state index < -0.39 is 27.4 Å². The number of nitrogens with one attached hydrogen (secondary N) is 1. The molecule has 1 heterocycles. The van der Waals surface area contributed by atoms with Crippen LogP contribution in [0.5, 0.6) is 5.75 Å². The number of carbonyl (C=O) groups is 1. The van der Waals surface area contributed by atoms with E-state index in [0.29, 0.717) is 4.88 Å². The minimum Gasteiger partial charge on any atom is -0.508 e. The molecule has 8 heteroatoms. The summed E-state index contributed by atoms with van der Waals surface area (Å²) in [5.74, 6) is -1.46. The zero-order valence-electron chi connectivity index (χ0n) is 14.6. The first kappa shape index (κ1) is 18.7. The minimum atomic E-state index is -4.00. The van der Waals surface area contributed by atoms with Gasteiger partial charge in [0.05, 0.1) is 0 Å². The third-order valence-corrected chi connectivity index (χ3v) is 7.99. The number of phenolic OH excluding ortho intramolecular Hbond substituents is 1. The van der Waals surface area contributed by atoms with Gasteiger partial charge in [0.25, 0.3) is 10.0 Å². The molecular formula is C20H17NO5S2. The summed E-state index contributed by atoms with van der Waals surface area (Å²) in [6.45, 7) is 0. The van der Waals surface area contributed by atoms with Crippen LogP contribution in [0.25, 0.3) is 10.4 Å². The molecule has 1 aromatic heterocycles. The highest BCUT2D eigenvalue weighted by molar-refractivity contribution is 7.91. The van der Waals surface area contributed by atoms with Gasteiger partial charge in [0, 0.05) is 10.8 Å². The maximum Gasteiger partial charge on any atom is 0.325 e. The van der Waals surface area contributed by atoms with Crippen LogP contribution in [0, 0.1) is 0 Å². The average molecular weight is 415 g/mol. The molecule has 6 nitrogen and oxygen atoms in total. The molecule has 1 fully saturated rings. The van der Waals surface area contributed by atoms with E-state index in [1.54, 1.807) is 42.5 Å². The van der Waals surface area contributed by atoms with Gasteiger partial charge < -0.3 is 10.2 Å². The van der Waals surface area contributed by atoms with Gasteiger partial charge in [-0.1, -0.05) is 30.3 Å². The van der Waals surface area contributed by atoms with Crippen molar-refractivity contribution in [3.8, 4) is 16.2 Å². The van der Waals surface area contributed by atoms with Gasteiger partial charge >= 0.3 is 5.97 Å². The number of rotatable bonds is 6. The molecular weight excluding hydrogens is 398 g/mol. The Hall–Kier alpha value is -2.68. The number of hydrogen-bond acceptors (Lipinski definition) is 5. The molecule has 28 heavy (non-hydrogen) atoms. The zero-order valence-corrected chi connectivity index (χ0v) is 16.2. The molecule has 2 aromatic carbocycles. The van der Waals surface area contributed by atoms with Crippen molar-refractivity contribution in [2.45, 2.75) is 22.1 Å². The second-order valence-electron chi connectivity index (χ2n) is 6.71. The van der Waals surface area contributed by atoms with E-state index in [1.807, 2.05) is 6.07 Å². The number of sulfonamides is 1. The lowest BCUT2D eigenvalue weighted by atomic mass is 10.1. The Morgan fingerprint density at radius 1 is 1.04 bits per heavy atom. The van der Waals surface area contributed by atoms with Gasteiger partial charge in [0.15, 0.2) is 0 Å². The Balaban J connectivity index is 1.60. The maximum atomic E-state index is 12.9. The fourth-order valence-electron chi connectivity index (χ4n) is 3.28.